The molecular formula is C18H19ClN2O. The summed E-state index contributed by atoms with van der Waals surface area (Å²) in [7, 11) is 0. The lowest BCUT2D eigenvalue weighted by atomic mass is 10.2. The summed E-state index contributed by atoms with van der Waals surface area (Å²) in [5.41, 5.74) is 1.97. The second-order valence-electron chi connectivity index (χ2n) is 5.57. The highest BCUT2D eigenvalue weighted by Gasteiger charge is 2.32. The molecule has 2 aromatic rings. The van der Waals surface area contributed by atoms with E-state index in [-0.39, 0.29) is 12.5 Å². The molecule has 114 valence electrons. The molecular weight excluding hydrogens is 296 g/mol. The third kappa shape index (κ3) is 3.80. The van der Waals surface area contributed by atoms with Crippen LogP contribution in [0.4, 0.5) is 5.69 Å². The standard InChI is InChI=1S/C18H19ClN2O/c19-16-8-4-5-9-17(16)20-12-18(22)21(15-10-11-15)13-14-6-2-1-3-7-14/h1-9,15,20H,10-13H2. The smallest absolute Gasteiger partial charge is 0.242 e. The van der Waals surface area contributed by atoms with E-state index in [2.05, 4.69) is 17.4 Å². The van der Waals surface area contributed by atoms with E-state index in [1.807, 2.05) is 47.4 Å². The quantitative estimate of drug-likeness (QED) is 0.876. The summed E-state index contributed by atoms with van der Waals surface area (Å²) in [6.45, 7) is 0.946. The van der Waals surface area contributed by atoms with Crippen LogP contribution in [0, 0.1) is 0 Å². The molecule has 4 heteroatoms. The van der Waals surface area contributed by atoms with Gasteiger partial charge in [-0.2, -0.15) is 0 Å². The van der Waals surface area contributed by atoms with E-state index in [1.165, 1.54) is 5.56 Å². The fourth-order valence-electron chi connectivity index (χ4n) is 2.46. The van der Waals surface area contributed by atoms with Crippen LogP contribution < -0.4 is 5.32 Å². The summed E-state index contributed by atoms with van der Waals surface area (Å²) < 4.78 is 0. The molecule has 1 N–H and O–H groups in total. The molecule has 0 heterocycles. The van der Waals surface area contributed by atoms with Gasteiger partial charge in [0, 0.05) is 12.6 Å². The Morgan fingerprint density at radius 3 is 2.45 bits per heavy atom. The summed E-state index contributed by atoms with van der Waals surface area (Å²) in [5, 5.41) is 3.77. The van der Waals surface area contributed by atoms with Crippen LogP contribution in [0.1, 0.15) is 18.4 Å². The Labute approximate surface area is 135 Å². The highest BCUT2D eigenvalue weighted by Crippen LogP contribution is 2.28. The number of benzene rings is 2. The van der Waals surface area contributed by atoms with Gasteiger partial charge in [0.15, 0.2) is 0 Å². The Morgan fingerprint density at radius 2 is 1.77 bits per heavy atom. The maximum atomic E-state index is 12.5. The van der Waals surface area contributed by atoms with Gasteiger partial charge in [0.2, 0.25) is 5.91 Å². The molecule has 0 unspecified atom stereocenters. The molecule has 2 aromatic carbocycles. The first-order valence-corrected chi connectivity index (χ1v) is 7.93. The molecule has 0 saturated heterocycles. The zero-order valence-corrected chi connectivity index (χ0v) is 13.1. The molecule has 1 aliphatic carbocycles. The van der Waals surface area contributed by atoms with Gasteiger partial charge in [0.05, 0.1) is 17.3 Å². The number of amides is 1. The van der Waals surface area contributed by atoms with Gasteiger partial charge in [-0.05, 0) is 30.5 Å². The minimum absolute atomic E-state index is 0.117. The molecule has 1 fully saturated rings. The molecule has 0 atom stereocenters. The average Bonchev–Trinajstić information content (AvgIpc) is 3.37. The average molecular weight is 315 g/mol. The highest BCUT2D eigenvalue weighted by molar-refractivity contribution is 6.33. The summed E-state index contributed by atoms with van der Waals surface area (Å²) in [6.07, 6.45) is 2.20. The normalized spacial score (nSPS) is 13.7. The van der Waals surface area contributed by atoms with Gasteiger partial charge in [0.25, 0.3) is 0 Å². The molecule has 1 aliphatic rings. The predicted octanol–water partition coefficient (Wildman–Crippen LogP) is 3.94. The Kier molecular flexibility index (Phi) is 4.64. The Hall–Kier alpha value is -2.00. The first kappa shape index (κ1) is 14.9. The molecule has 0 spiro atoms. The maximum absolute atomic E-state index is 12.5. The minimum Gasteiger partial charge on any atom is -0.375 e. The minimum atomic E-state index is 0.117. The van der Waals surface area contributed by atoms with Crippen molar-refractivity contribution in [3.05, 3.63) is 65.2 Å². The topological polar surface area (TPSA) is 32.3 Å². The van der Waals surface area contributed by atoms with Crippen LogP contribution in [0.25, 0.3) is 0 Å². The zero-order chi connectivity index (χ0) is 15.4. The van der Waals surface area contributed by atoms with Gasteiger partial charge in [-0.3, -0.25) is 4.79 Å². The van der Waals surface area contributed by atoms with Crippen LogP contribution in [-0.4, -0.2) is 23.4 Å². The van der Waals surface area contributed by atoms with Gasteiger partial charge < -0.3 is 10.2 Å². The number of para-hydroxylation sites is 1. The zero-order valence-electron chi connectivity index (χ0n) is 12.3. The van der Waals surface area contributed by atoms with Crippen molar-refractivity contribution in [2.45, 2.75) is 25.4 Å². The van der Waals surface area contributed by atoms with Crippen molar-refractivity contribution >= 4 is 23.2 Å². The number of halogens is 1. The molecule has 0 aliphatic heterocycles. The number of carbonyl (C=O) groups is 1. The SMILES string of the molecule is O=C(CNc1ccccc1Cl)N(Cc1ccccc1)C1CC1. The van der Waals surface area contributed by atoms with Crippen molar-refractivity contribution in [1.29, 1.82) is 0 Å². The van der Waals surface area contributed by atoms with Gasteiger partial charge in [-0.15, -0.1) is 0 Å². The van der Waals surface area contributed by atoms with Crippen LogP contribution in [0.5, 0.6) is 0 Å². The molecule has 0 aromatic heterocycles. The Morgan fingerprint density at radius 1 is 1.09 bits per heavy atom. The number of rotatable bonds is 6. The first-order chi connectivity index (χ1) is 10.7. The molecule has 3 rings (SSSR count). The fourth-order valence-corrected chi connectivity index (χ4v) is 2.67. The van der Waals surface area contributed by atoms with Crippen molar-refractivity contribution in [2.75, 3.05) is 11.9 Å². The Balaban J connectivity index is 1.62. The lowest BCUT2D eigenvalue weighted by molar-refractivity contribution is -0.130. The maximum Gasteiger partial charge on any atom is 0.242 e. The summed E-state index contributed by atoms with van der Waals surface area (Å²) >= 11 is 6.10. The van der Waals surface area contributed by atoms with E-state index in [1.54, 1.807) is 0 Å². The molecule has 1 saturated carbocycles. The monoisotopic (exact) mass is 314 g/mol. The van der Waals surface area contributed by atoms with Crippen molar-refractivity contribution in [2.24, 2.45) is 0 Å². The van der Waals surface area contributed by atoms with Gasteiger partial charge in [-0.25, -0.2) is 0 Å². The number of hydrogen-bond donors (Lipinski definition) is 1. The third-order valence-corrected chi connectivity index (χ3v) is 4.14. The molecule has 1 amide bonds. The third-order valence-electron chi connectivity index (χ3n) is 3.81. The lowest BCUT2D eigenvalue weighted by Gasteiger charge is -2.23. The van der Waals surface area contributed by atoms with E-state index in [0.29, 0.717) is 17.6 Å². The largest absolute Gasteiger partial charge is 0.375 e. The van der Waals surface area contributed by atoms with Crippen LogP contribution in [0.3, 0.4) is 0 Å². The van der Waals surface area contributed by atoms with Gasteiger partial charge >= 0.3 is 0 Å². The van der Waals surface area contributed by atoms with Crippen molar-refractivity contribution < 1.29 is 4.79 Å². The number of nitrogens with zero attached hydrogens (tertiary/aromatic N) is 1. The van der Waals surface area contributed by atoms with Crippen molar-refractivity contribution in [1.82, 2.24) is 4.90 Å². The van der Waals surface area contributed by atoms with E-state index < -0.39 is 0 Å². The van der Waals surface area contributed by atoms with Crippen LogP contribution in [0.2, 0.25) is 5.02 Å². The van der Waals surface area contributed by atoms with E-state index in [4.69, 9.17) is 11.6 Å². The second kappa shape index (κ2) is 6.84. The van der Waals surface area contributed by atoms with Crippen molar-refractivity contribution in [3.8, 4) is 0 Å². The van der Waals surface area contributed by atoms with E-state index in [9.17, 15) is 4.79 Å². The van der Waals surface area contributed by atoms with E-state index >= 15 is 0 Å². The summed E-state index contributed by atoms with van der Waals surface area (Å²) in [6, 6.07) is 18.0. The summed E-state index contributed by atoms with van der Waals surface area (Å²) in [4.78, 5) is 14.5. The first-order valence-electron chi connectivity index (χ1n) is 7.56. The number of anilines is 1. The molecule has 0 bridgehead atoms. The van der Waals surface area contributed by atoms with Crippen LogP contribution in [-0.2, 0) is 11.3 Å². The molecule has 3 nitrogen and oxygen atoms in total. The fraction of sp³-hybridized carbons (Fsp3) is 0.278. The highest BCUT2D eigenvalue weighted by atomic mass is 35.5. The molecule has 0 radical (unpaired) electrons. The van der Waals surface area contributed by atoms with E-state index in [0.717, 1.165) is 18.5 Å². The van der Waals surface area contributed by atoms with Crippen LogP contribution in [0.15, 0.2) is 54.6 Å². The predicted molar refractivity (Wildman–Crippen MR) is 90.0 cm³/mol. The van der Waals surface area contributed by atoms with Crippen LogP contribution >= 0.6 is 11.6 Å². The Bertz CT molecular complexity index is 641. The number of nitrogens with one attached hydrogen (secondary N) is 1. The van der Waals surface area contributed by atoms with Gasteiger partial charge in [-0.1, -0.05) is 54.1 Å². The van der Waals surface area contributed by atoms with Crippen molar-refractivity contribution in [3.63, 3.8) is 0 Å². The van der Waals surface area contributed by atoms with Gasteiger partial charge in [0.1, 0.15) is 0 Å². The number of hydrogen-bond acceptors (Lipinski definition) is 2. The molecule has 22 heavy (non-hydrogen) atoms. The lowest BCUT2D eigenvalue weighted by Crippen LogP contribution is -2.36. The number of carbonyl (C=O) groups excluding carboxylic acids is 1. The second-order valence-corrected chi connectivity index (χ2v) is 5.98. The summed E-state index contributed by atoms with van der Waals surface area (Å²) in [5.74, 6) is 0.117.